The van der Waals surface area contributed by atoms with E-state index in [9.17, 15) is 5.11 Å². The highest BCUT2D eigenvalue weighted by Gasteiger charge is 2.06. The summed E-state index contributed by atoms with van der Waals surface area (Å²) in [4.78, 5) is 3.94. The minimum absolute atomic E-state index is 0.253. The summed E-state index contributed by atoms with van der Waals surface area (Å²) in [6, 6.07) is 18.1. The first-order valence-electron chi connectivity index (χ1n) is 7.23. The van der Waals surface area contributed by atoms with Crippen LogP contribution in [0.5, 0.6) is 5.75 Å². The van der Waals surface area contributed by atoms with Gasteiger partial charge in [0, 0.05) is 12.4 Å². The van der Waals surface area contributed by atoms with Crippen molar-refractivity contribution in [2.75, 3.05) is 6.61 Å². The number of hydrogen-bond donors (Lipinski definition) is 1. The van der Waals surface area contributed by atoms with Crippen LogP contribution in [-0.2, 0) is 6.54 Å². The van der Waals surface area contributed by atoms with Gasteiger partial charge in [0.1, 0.15) is 18.5 Å². The SMILES string of the molecule is OC(COc1ccc(-c2ccccc2)cc1)Cn1ccnc1. The van der Waals surface area contributed by atoms with Gasteiger partial charge in [0.15, 0.2) is 0 Å². The lowest BCUT2D eigenvalue weighted by molar-refractivity contribution is 0.0925. The van der Waals surface area contributed by atoms with E-state index in [1.807, 2.05) is 53.2 Å². The number of imidazole rings is 1. The molecular weight excluding hydrogens is 276 g/mol. The molecule has 112 valence electrons. The van der Waals surface area contributed by atoms with Crippen molar-refractivity contribution in [3.8, 4) is 16.9 Å². The smallest absolute Gasteiger partial charge is 0.119 e. The van der Waals surface area contributed by atoms with Gasteiger partial charge in [-0.1, -0.05) is 42.5 Å². The molecule has 0 aliphatic heterocycles. The van der Waals surface area contributed by atoms with E-state index in [-0.39, 0.29) is 6.61 Å². The van der Waals surface area contributed by atoms with Crippen molar-refractivity contribution in [2.24, 2.45) is 0 Å². The number of aromatic nitrogens is 2. The number of rotatable bonds is 6. The van der Waals surface area contributed by atoms with Gasteiger partial charge in [0.25, 0.3) is 0 Å². The normalized spacial score (nSPS) is 12.0. The van der Waals surface area contributed by atoms with E-state index in [2.05, 4.69) is 17.1 Å². The summed E-state index contributed by atoms with van der Waals surface area (Å²) in [6.07, 6.45) is 4.62. The summed E-state index contributed by atoms with van der Waals surface area (Å²) in [7, 11) is 0. The van der Waals surface area contributed by atoms with Gasteiger partial charge in [-0.05, 0) is 23.3 Å². The van der Waals surface area contributed by atoms with Gasteiger partial charge >= 0.3 is 0 Å². The quantitative estimate of drug-likeness (QED) is 0.760. The summed E-state index contributed by atoms with van der Waals surface area (Å²) < 4.78 is 7.45. The molecule has 0 radical (unpaired) electrons. The van der Waals surface area contributed by atoms with Crippen LogP contribution in [0.3, 0.4) is 0 Å². The Balaban J connectivity index is 1.55. The van der Waals surface area contributed by atoms with Crippen molar-refractivity contribution in [1.82, 2.24) is 9.55 Å². The van der Waals surface area contributed by atoms with Crippen molar-refractivity contribution in [1.29, 1.82) is 0 Å². The minimum Gasteiger partial charge on any atom is -0.491 e. The van der Waals surface area contributed by atoms with Crippen LogP contribution >= 0.6 is 0 Å². The largest absolute Gasteiger partial charge is 0.491 e. The molecule has 3 rings (SSSR count). The molecule has 1 atom stereocenters. The molecule has 1 unspecified atom stereocenters. The fraction of sp³-hybridized carbons (Fsp3) is 0.167. The lowest BCUT2D eigenvalue weighted by Crippen LogP contribution is -2.22. The van der Waals surface area contributed by atoms with Gasteiger partial charge in [-0.2, -0.15) is 0 Å². The predicted molar refractivity (Wildman–Crippen MR) is 85.6 cm³/mol. The summed E-state index contributed by atoms with van der Waals surface area (Å²) in [5.41, 5.74) is 2.32. The van der Waals surface area contributed by atoms with Crippen LogP contribution < -0.4 is 4.74 Å². The Labute approximate surface area is 129 Å². The molecule has 0 bridgehead atoms. The van der Waals surface area contributed by atoms with Crippen molar-refractivity contribution in [3.63, 3.8) is 0 Å². The summed E-state index contributed by atoms with van der Waals surface area (Å²) in [5, 5.41) is 9.94. The molecule has 4 heteroatoms. The number of benzene rings is 2. The minimum atomic E-state index is -0.567. The molecule has 0 saturated carbocycles. The summed E-state index contributed by atoms with van der Waals surface area (Å²) in [6.45, 7) is 0.727. The lowest BCUT2D eigenvalue weighted by atomic mass is 10.1. The van der Waals surface area contributed by atoms with E-state index in [1.54, 1.807) is 12.5 Å². The molecular formula is C18H18N2O2. The molecule has 0 fully saturated rings. The van der Waals surface area contributed by atoms with E-state index in [0.29, 0.717) is 6.54 Å². The third kappa shape index (κ3) is 3.74. The van der Waals surface area contributed by atoms with Gasteiger partial charge in [0.05, 0.1) is 12.9 Å². The fourth-order valence-electron chi connectivity index (χ4n) is 2.26. The molecule has 0 saturated heterocycles. The maximum absolute atomic E-state index is 9.94. The molecule has 22 heavy (non-hydrogen) atoms. The predicted octanol–water partition coefficient (Wildman–Crippen LogP) is 2.99. The number of ether oxygens (including phenoxy) is 1. The molecule has 1 aromatic heterocycles. The van der Waals surface area contributed by atoms with Crippen molar-refractivity contribution >= 4 is 0 Å². The first-order chi connectivity index (χ1) is 10.8. The molecule has 0 spiro atoms. The van der Waals surface area contributed by atoms with Crippen molar-refractivity contribution in [3.05, 3.63) is 73.3 Å². The molecule has 0 aliphatic rings. The number of hydrogen-bond acceptors (Lipinski definition) is 3. The van der Waals surface area contributed by atoms with E-state index in [1.165, 1.54) is 5.56 Å². The molecule has 1 N–H and O–H groups in total. The Morgan fingerprint density at radius 1 is 1.00 bits per heavy atom. The van der Waals surface area contributed by atoms with Gasteiger partial charge in [-0.3, -0.25) is 0 Å². The highest BCUT2D eigenvalue weighted by atomic mass is 16.5. The summed E-state index contributed by atoms with van der Waals surface area (Å²) in [5.74, 6) is 0.754. The van der Waals surface area contributed by atoms with Crippen LogP contribution in [0.4, 0.5) is 0 Å². The number of aliphatic hydroxyl groups is 1. The second-order valence-corrected chi connectivity index (χ2v) is 5.11. The van der Waals surface area contributed by atoms with Crippen molar-refractivity contribution in [2.45, 2.75) is 12.6 Å². The zero-order chi connectivity index (χ0) is 15.2. The molecule has 3 aromatic rings. The van der Waals surface area contributed by atoms with Crippen LogP contribution in [0.25, 0.3) is 11.1 Å². The van der Waals surface area contributed by atoms with Crippen LogP contribution in [0, 0.1) is 0 Å². The third-order valence-corrected chi connectivity index (χ3v) is 3.38. The molecule has 1 heterocycles. The van der Waals surface area contributed by atoms with E-state index < -0.39 is 6.10 Å². The van der Waals surface area contributed by atoms with Crippen LogP contribution in [0.15, 0.2) is 73.3 Å². The highest BCUT2D eigenvalue weighted by Crippen LogP contribution is 2.22. The van der Waals surface area contributed by atoms with Crippen LogP contribution in [0.2, 0.25) is 0 Å². The van der Waals surface area contributed by atoms with Gasteiger partial charge in [0.2, 0.25) is 0 Å². The lowest BCUT2D eigenvalue weighted by Gasteiger charge is -2.13. The Bertz CT molecular complexity index is 679. The maximum Gasteiger partial charge on any atom is 0.119 e. The Kier molecular flexibility index (Phi) is 4.51. The average Bonchev–Trinajstić information content (AvgIpc) is 3.07. The zero-order valence-corrected chi connectivity index (χ0v) is 12.2. The average molecular weight is 294 g/mol. The Morgan fingerprint density at radius 3 is 2.41 bits per heavy atom. The summed E-state index contributed by atoms with van der Waals surface area (Å²) >= 11 is 0. The maximum atomic E-state index is 9.94. The fourth-order valence-corrected chi connectivity index (χ4v) is 2.26. The van der Waals surface area contributed by atoms with E-state index in [0.717, 1.165) is 11.3 Å². The Morgan fingerprint density at radius 2 is 1.73 bits per heavy atom. The molecule has 0 amide bonds. The second kappa shape index (κ2) is 6.91. The molecule has 2 aromatic carbocycles. The van der Waals surface area contributed by atoms with Gasteiger partial charge in [-0.25, -0.2) is 4.98 Å². The van der Waals surface area contributed by atoms with Gasteiger partial charge < -0.3 is 14.4 Å². The number of aliphatic hydroxyl groups excluding tert-OH is 1. The van der Waals surface area contributed by atoms with Crippen molar-refractivity contribution < 1.29 is 9.84 Å². The second-order valence-electron chi connectivity index (χ2n) is 5.11. The molecule has 4 nitrogen and oxygen atoms in total. The van der Waals surface area contributed by atoms with Gasteiger partial charge in [-0.15, -0.1) is 0 Å². The first-order valence-corrected chi connectivity index (χ1v) is 7.23. The topological polar surface area (TPSA) is 47.3 Å². The number of nitrogens with zero attached hydrogens (tertiary/aromatic N) is 2. The van der Waals surface area contributed by atoms with E-state index >= 15 is 0 Å². The third-order valence-electron chi connectivity index (χ3n) is 3.38. The zero-order valence-electron chi connectivity index (χ0n) is 12.2. The monoisotopic (exact) mass is 294 g/mol. The molecule has 0 aliphatic carbocycles. The first kappa shape index (κ1) is 14.4. The highest BCUT2D eigenvalue weighted by molar-refractivity contribution is 5.63. The van der Waals surface area contributed by atoms with Crippen LogP contribution in [0.1, 0.15) is 0 Å². The Hall–Kier alpha value is -2.59. The standard InChI is InChI=1S/C18H18N2O2/c21-17(12-20-11-10-19-14-20)13-22-18-8-6-16(7-9-18)15-4-2-1-3-5-15/h1-11,14,17,21H,12-13H2. The van der Waals surface area contributed by atoms with Crippen LogP contribution in [-0.4, -0.2) is 27.4 Å². The van der Waals surface area contributed by atoms with E-state index in [4.69, 9.17) is 4.74 Å².